The number of hydrazine groups is 1. The lowest BCUT2D eigenvalue weighted by molar-refractivity contribution is -0.130. The van der Waals surface area contributed by atoms with E-state index in [0.29, 0.717) is 47.5 Å². The average Bonchev–Trinajstić information content (AvgIpc) is 3.50. The Labute approximate surface area is 282 Å². The van der Waals surface area contributed by atoms with Crippen LogP contribution >= 0.6 is 15.9 Å². The summed E-state index contributed by atoms with van der Waals surface area (Å²) in [5.74, 6) is 2.50. The van der Waals surface area contributed by atoms with Crippen LogP contribution in [0.25, 0.3) is 0 Å². The summed E-state index contributed by atoms with van der Waals surface area (Å²) >= 11 is 3.67. The third-order valence-corrected chi connectivity index (χ3v) is 8.59. The van der Waals surface area contributed by atoms with E-state index in [4.69, 9.17) is 33.8 Å². The molecule has 4 aromatic carbocycles. The molecule has 0 spiro atoms. The van der Waals surface area contributed by atoms with Crippen LogP contribution in [-0.2, 0) is 22.5 Å². The zero-order valence-corrected chi connectivity index (χ0v) is 28.1. The number of ether oxygens (including phenoxy) is 5. The van der Waals surface area contributed by atoms with Gasteiger partial charge in [0.15, 0.2) is 11.6 Å². The first-order chi connectivity index (χ1) is 22.9. The number of aliphatic hydroxyl groups excluding tert-OH is 1. The lowest BCUT2D eigenvalue weighted by Crippen LogP contribution is -2.53. The van der Waals surface area contributed by atoms with Crippen LogP contribution in [-0.4, -0.2) is 57.0 Å². The molecule has 11 heteroatoms. The molecular weight excluding hydrogens is 666 g/mol. The summed E-state index contributed by atoms with van der Waals surface area (Å²) in [7, 11) is 4.78. The molecule has 3 N–H and O–H groups in total. The van der Waals surface area contributed by atoms with Crippen molar-refractivity contribution in [1.29, 1.82) is 0 Å². The second kappa shape index (κ2) is 15.8. The fourth-order valence-corrected chi connectivity index (χ4v) is 5.77. The van der Waals surface area contributed by atoms with Crippen molar-refractivity contribution in [3.63, 3.8) is 0 Å². The number of methoxy groups -OCH3 is 3. The molecule has 0 radical (unpaired) electrons. The molecule has 4 aromatic rings. The van der Waals surface area contributed by atoms with Crippen LogP contribution in [0.15, 0.2) is 100 Å². The smallest absolute Gasteiger partial charge is 0.266 e. The molecule has 1 aliphatic heterocycles. The maximum absolute atomic E-state index is 14.5. The van der Waals surface area contributed by atoms with Crippen LogP contribution in [0.3, 0.4) is 0 Å². The minimum atomic E-state index is -1.43. The number of halogens is 1. The Kier molecular flexibility index (Phi) is 11.4. The number of carbonyl (C=O) groups excluding carboxylic acids is 1. The monoisotopic (exact) mass is 703 g/mol. The van der Waals surface area contributed by atoms with Gasteiger partial charge in [0.25, 0.3) is 5.91 Å². The van der Waals surface area contributed by atoms with Crippen molar-refractivity contribution in [2.24, 2.45) is 4.99 Å². The Morgan fingerprint density at radius 2 is 1.64 bits per heavy atom. The molecule has 10 nitrogen and oxygen atoms in total. The van der Waals surface area contributed by atoms with Crippen molar-refractivity contribution >= 4 is 27.7 Å². The molecule has 0 aliphatic carbocycles. The van der Waals surface area contributed by atoms with Gasteiger partial charge >= 0.3 is 0 Å². The van der Waals surface area contributed by atoms with E-state index in [1.807, 2.05) is 84.9 Å². The van der Waals surface area contributed by atoms with E-state index < -0.39 is 11.6 Å². The maximum atomic E-state index is 14.5. The van der Waals surface area contributed by atoms with Crippen molar-refractivity contribution in [2.45, 2.75) is 31.0 Å². The number of aliphatic hydroxyl groups is 1. The quantitative estimate of drug-likeness (QED) is 0.109. The number of nitrogens with zero attached hydrogens (tertiary/aromatic N) is 1. The summed E-state index contributed by atoms with van der Waals surface area (Å²) in [6, 6.07) is 28.0. The van der Waals surface area contributed by atoms with Crippen LogP contribution in [0, 0.1) is 0 Å². The van der Waals surface area contributed by atoms with Crippen LogP contribution in [0.5, 0.6) is 23.0 Å². The summed E-state index contributed by atoms with van der Waals surface area (Å²) in [5, 5.41) is 9.08. The number of aliphatic imine (C=N–C) groups is 1. The number of benzene rings is 4. The van der Waals surface area contributed by atoms with Gasteiger partial charge in [0, 0.05) is 47.7 Å². The van der Waals surface area contributed by atoms with E-state index in [0.717, 1.165) is 21.2 Å². The highest BCUT2D eigenvalue weighted by Gasteiger charge is 2.53. The van der Waals surface area contributed by atoms with Gasteiger partial charge in [-0.2, -0.15) is 0 Å². The highest BCUT2D eigenvalue weighted by molar-refractivity contribution is 9.10. The van der Waals surface area contributed by atoms with Crippen LogP contribution < -0.4 is 29.8 Å². The average molecular weight is 705 g/mol. The fourth-order valence-electron chi connectivity index (χ4n) is 5.34. The van der Waals surface area contributed by atoms with Gasteiger partial charge in [0.05, 0.1) is 27.9 Å². The SMILES string of the molecule is COc1cccc([C@@H]2OC(c3ccc(OCCCO)cc3)=N[C@]2(Cc2ccccc2Br)C(=O)NNCc2ccc(OC)cc2OC)c1. The van der Waals surface area contributed by atoms with Gasteiger partial charge in [-0.25, -0.2) is 10.4 Å². The molecule has 1 amide bonds. The van der Waals surface area contributed by atoms with E-state index in [1.165, 1.54) is 0 Å². The Bertz CT molecular complexity index is 1700. The second-order valence-electron chi connectivity index (χ2n) is 10.8. The number of hydrogen-bond acceptors (Lipinski definition) is 9. The highest BCUT2D eigenvalue weighted by atomic mass is 79.9. The summed E-state index contributed by atoms with van der Waals surface area (Å²) in [4.78, 5) is 19.6. The Balaban J connectivity index is 1.53. The predicted molar refractivity (Wildman–Crippen MR) is 182 cm³/mol. The molecule has 0 unspecified atom stereocenters. The first kappa shape index (κ1) is 33.8. The molecule has 0 saturated carbocycles. The normalized spacial score (nSPS) is 17.0. The van der Waals surface area contributed by atoms with Gasteiger partial charge in [-0.3, -0.25) is 10.2 Å². The molecule has 2 atom stereocenters. The third-order valence-electron chi connectivity index (χ3n) is 7.82. The minimum absolute atomic E-state index is 0.0541. The first-order valence-corrected chi connectivity index (χ1v) is 15.9. The summed E-state index contributed by atoms with van der Waals surface area (Å²) < 4.78 is 29.6. The van der Waals surface area contributed by atoms with Gasteiger partial charge in [-0.1, -0.05) is 52.3 Å². The second-order valence-corrected chi connectivity index (χ2v) is 11.7. The summed E-state index contributed by atoms with van der Waals surface area (Å²) in [6.45, 7) is 0.734. The van der Waals surface area contributed by atoms with Crippen molar-refractivity contribution in [2.75, 3.05) is 34.5 Å². The lowest BCUT2D eigenvalue weighted by atomic mass is 9.82. The van der Waals surface area contributed by atoms with E-state index in [-0.39, 0.29) is 25.5 Å². The molecular formula is C36H38BrN3O7. The van der Waals surface area contributed by atoms with Crippen molar-refractivity contribution in [3.05, 3.63) is 118 Å². The first-order valence-electron chi connectivity index (χ1n) is 15.1. The van der Waals surface area contributed by atoms with Gasteiger partial charge in [-0.05, 0) is 59.7 Å². The predicted octanol–water partition coefficient (Wildman–Crippen LogP) is 5.56. The van der Waals surface area contributed by atoms with Crippen molar-refractivity contribution in [3.8, 4) is 23.0 Å². The van der Waals surface area contributed by atoms with Crippen molar-refractivity contribution < 1.29 is 33.6 Å². The summed E-state index contributed by atoms with van der Waals surface area (Å²) in [5.41, 5.74) is 7.69. The number of hydrogen-bond donors (Lipinski definition) is 3. The standard InChI is InChI=1S/C36H38BrN3O7/c1-43-29-10-6-9-25(20-29)33-36(22-26-8-4-5-11-31(26)37,35(42)40-38-23-27-14-17-30(44-2)21-32(27)45-3)39-34(47-33)24-12-15-28(16-13-24)46-19-7-18-41/h4-6,8-17,20-21,33,38,41H,7,18-19,22-23H2,1-3H3,(H,40,42)/t33-,36-/m0/s1. The van der Waals surface area contributed by atoms with Gasteiger partial charge < -0.3 is 28.8 Å². The molecule has 47 heavy (non-hydrogen) atoms. The molecule has 0 bridgehead atoms. The van der Waals surface area contributed by atoms with Crippen LogP contribution in [0.1, 0.15) is 34.8 Å². The molecule has 1 heterocycles. The minimum Gasteiger partial charge on any atom is -0.497 e. The fraction of sp³-hybridized carbons (Fsp3) is 0.278. The Morgan fingerprint density at radius 3 is 2.36 bits per heavy atom. The van der Waals surface area contributed by atoms with Crippen LogP contribution in [0.4, 0.5) is 0 Å². The topological polar surface area (TPSA) is 120 Å². The third kappa shape index (κ3) is 7.87. The number of nitrogens with one attached hydrogen (secondary N) is 2. The molecule has 5 rings (SSSR count). The van der Waals surface area contributed by atoms with E-state index in [2.05, 4.69) is 26.8 Å². The van der Waals surface area contributed by atoms with Crippen LogP contribution in [0.2, 0.25) is 0 Å². The van der Waals surface area contributed by atoms with Gasteiger partial charge in [0.1, 0.15) is 23.0 Å². The highest BCUT2D eigenvalue weighted by Crippen LogP contribution is 2.44. The van der Waals surface area contributed by atoms with E-state index >= 15 is 0 Å². The molecule has 0 aromatic heterocycles. The number of rotatable bonds is 15. The zero-order valence-electron chi connectivity index (χ0n) is 26.5. The molecule has 1 aliphatic rings. The maximum Gasteiger partial charge on any atom is 0.266 e. The molecule has 0 fully saturated rings. The van der Waals surface area contributed by atoms with Gasteiger partial charge in [-0.15, -0.1) is 0 Å². The zero-order chi connectivity index (χ0) is 33.2. The van der Waals surface area contributed by atoms with Crippen molar-refractivity contribution in [1.82, 2.24) is 10.9 Å². The summed E-state index contributed by atoms with van der Waals surface area (Å²) in [6.07, 6.45) is -0.0506. The Hall–Kier alpha value is -4.58. The molecule has 0 saturated heterocycles. The lowest BCUT2D eigenvalue weighted by Gasteiger charge is -2.31. The number of carbonyl (C=O) groups is 1. The Morgan fingerprint density at radius 1 is 0.894 bits per heavy atom. The van der Waals surface area contributed by atoms with E-state index in [1.54, 1.807) is 27.4 Å². The largest absolute Gasteiger partial charge is 0.497 e. The molecule has 246 valence electrons. The van der Waals surface area contributed by atoms with E-state index in [9.17, 15) is 4.79 Å². The number of amides is 1. The van der Waals surface area contributed by atoms with Gasteiger partial charge in [0.2, 0.25) is 5.90 Å².